The van der Waals surface area contributed by atoms with Crippen molar-refractivity contribution in [2.75, 3.05) is 27.7 Å². The number of carbonyl (C=O) groups is 3. The molecule has 12 nitrogen and oxygen atoms in total. The van der Waals surface area contributed by atoms with Crippen molar-refractivity contribution in [1.82, 2.24) is 40.4 Å². The van der Waals surface area contributed by atoms with Crippen LogP contribution in [0.4, 0.5) is 4.79 Å². The minimum atomic E-state index is -0.681. The molecule has 3 amide bonds. The van der Waals surface area contributed by atoms with Crippen molar-refractivity contribution >= 4 is 40.0 Å². The highest BCUT2D eigenvalue weighted by molar-refractivity contribution is 5.88. The Bertz CT molecular complexity index is 2060. The number of H-pyrrole nitrogens is 2. The third-order valence-corrected chi connectivity index (χ3v) is 10.0. The number of alkyl carbamates (subject to hydrolysis) is 1. The Hall–Kier alpha value is -5.23. The first-order chi connectivity index (χ1) is 24.8. The van der Waals surface area contributed by atoms with Crippen LogP contribution in [0.25, 0.3) is 44.3 Å². The standard InChI is InChI=1S/C40H50N8O4/c1-22(2)34(46-40(51)52-8)39(50)48-19-9-10-33(48)37-43-30-18-16-28(21-32(30)45-37)26-13-11-25(12-14-26)27-15-17-29-31(20-27)44-36(42-29)24(5)41-38(49)35(23(3)4)47(6)7/h11-18,20-24,33-35H,9-10,19H2,1-8H3,(H,41,49)(H,42,44)(H,43,45)(H,46,51)/t24-,33-,34-,35+/m0/s1. The van der Waals surface area contributed by atoms with Crippen molar-refractivity contribution in [3.05, 3.63) is 72.3 Å². The fourth-order valence-corrected chi connectivity index (χ4v) is 7.33. The molecule has 1 fully saturated rings. The summed E-state index contributed by atoms with van der Waals surface area (Å²) in [5, 5.41) is 5.83. The van der Waals surface area contributed by atoms with Gasteiger partial charge in [0.05, 0.1) is 47.3 Å². The molecule has 3 aromatic carbocycles. The first-order valence-corrected chi connectivity index (χ1v) is 18.1. The van der Waals surface area contributed by atoms with Gasteiger partial charge in [-0.05, 0) is 92.2 Å². The zero-order valence-electron chi connectivity index (χ0n) is 31.3. The van der Waals surface area contributed by atoms with Gasteiger partial charge < -0.3 is 30.2 Å². The van der Waals surface area contributed by atoms with Crippen LogP contribution in [0.15, 0.2) is 60.7 Å². The fraction of sp³-hybridized carbons (Fsp3) is 0.425. The van der Waals surface area contributed by atoms with Gasteiger partial charge in [-0.2, -0.15) is 0 Å². The lowest BCUT2D eigenvalue weighted by molar-refractivity contribution is -0.135. The molecule has 0 saturated carbocycles. The number of hydrogen-bond donors (Lipinski definition) is 4. The maximum atomic E-state index is 13.6. The lowest BCUT2D eigenvalue weighted by Gasteiger charge is -2.29. The van der Waals surface area contributed by atoms with Gasteiger partial charge in [-0.3, -0.25) is 14.5 Å². The van der Waals surface area contributed by atoms with Gasteiger partial charge in [0, 0.05) is 6.54 Å². The van der Waals surface area contributed by atoms with E-state index in [9.17, 15) is 14.4 Å². The molecule has 12 heteroatoms. The summed E-state index contributed by atoms with van der Waals surface area (Å²) >= 11 is 0. The van der Waals surface area contributed by atoms with Crippen molar-refractivity contribution in [3.8, 4) is 22.3 Å². The first kappa shape index (κ1) is 36.6. The molecule has 4 atom stereocenters. The van der Waals surface area contributed by atoms with Crippen LogP contribution in [0, 0.1) is 11.8 Å². The van der Waals surface area contributed by atoms with E-state index in [1.54, 1.807) is 0 Å². The van der Waals surface area contributed by atoms with E-state index in [0.717, 1.165) is 68.8 Å². The van der Waals surface area contributed by atoms with Gasteiger partial charge >= 0.3 is 6.09 Å². The minimum absolute atomic E-state index is 0.0144. The summed E-state index contributed by atoms with van der Waals surface area (Å²) in [6.07, 6.45) is 1.03. The maximum absolute atomic E-state index is 13.6. The fourth-order valence-electron chi connectivity index (χ4n) is 7.33. The van der Waals surface area contributed by atoms with Crippen LogP contribution in [0.5, 0.6) is 0 Å². The predicted molar refractivity (Wildman–Crippen MR) is 203 cm³/mol. The molecule has 274 valence electrons. The van der Waals surface area contributed by atoms with E-state index in [4.69, 9.17) is 14.7 Å². The number of ether oxygens (including phenoxy) is 1. The molecule has 2 aromatic heterocycles. The Morgan fingerprint density at radius 3 is 1.94 bits per heavy atom. The number of nitrogens with zero attached hydrogens (tertiary/aromatic N) is 4. The summed E-state index contributed by atoms with van der Waals surface area (Å²) in [5.74, 6) is 1.41. The minimum Gasteiger partial charge on any atom is -0.453 e. The van der Waals surface area contributed by atoms with Crippen molar-refractivity contribution in [2.24, 2.45) is 11.8 Å². The van der Waals surface area contributed by atoms with Gasteiger partial charge in [-0.25, -0.2) is 14.8 Å². The van der Waals surface area contributed by atoms with Crippen LogP contribution in [0.3, 0.4) is 0 Å². The highest BCUT2D eigenvalue weighted by Crippen LogP contribution is 2.34. The highest BCUT2D eigenvalue weighted by Gasteiger charge is 2.37. The van der Waals surface area contributed by atoms with E-state index >= 15 is 0 Å². The summed E-state index contributed by atoms with van der Waals surface area (Å²) in [5.41, 5.74) is 7.75. The number of carbonyl (C=O) groups excluding carboxylic acids is 3. The van der Waals surface area contributed by atoms with Gasteiger partial charge in [-0.15, -0.1) is 0 Å². The molecule has 1 aliphatic heterocycles. The summed E-state index contributed by atoms with van der Waals surface area (Å²) in [6, 6.07) is 19.4. The molecule has 3 heterocycles. The van der Waals surface area contributed by atoms with Gasteiger partial charge in [0.25, 0.3) is 0 Å². The number of fused-ring (bicyclic) bond motifs is 2. The Kier molecular flexibility index (Phi) is 10.7. The summed E-state index contributed by atoms with van der Waals surface area (Å²) in [7, 11) is 5.14. The quantitative estimate of drug-likeness (QED) is 0.121. The Morgan fingerprint density at radius 2 is 1.38 bits per heavy atom. The lowest BCUT2D eigenvalue weighted by Crippen LogP contribution is -2.51. The molecule has 1 saturated heterocycles. The number of imidazole rings is 2. The molecule has 0 aliphatic carbocycles. The second-order valence-corrected chi connectivity index (χ2v) is 14.7. The molecule has 6 rings (SSSR count). The second-order valence-electron chi connectivity index (χ2n) is 14.7. The maximum Gasteiger partial charge on any atom is 0.407 e. The van der Waals surface area contributed by atoms with E-state index in [2.05, 4.69) is 69.1 Å². The number of rotatable bonds is 11. The zero-order valence-corrected chi connectivity index (χ0v) is 31.3. The molecule has 0 bridgehead atoms. The number of amides is 3. The smallest absolute Gasteiger partial charge is 0.407 e. The Morgan fingerprint density at radius 1 is 0.808 bits per heavy atom. The number of likely N-dealkylation sites (N-methyl/N-ethyl adjacent to an activating group) is 1. The average molecular weight is 707 g/mol. The third kappa shape index (κ3) is 7.52. The zero-order chi connectivity index (χ0) is 37.3. The van der Waals surface area contributed by atoms with Crippen LogP contribution in [0.2, 0.25) is 0 Å². The molecular weight excluding hydrogens is 656 g/mol. The van der Waals surface area contributed by atoms with Crippen LogP contribution in [-0.4, -0.2) is 87.5 Å². The third-order valence-electron chi connectivity index (χ3n) is 10.0. The van der Waals surface area contributed by atoms with E-state index in [-0.39, 0.29) is 41.8 Å². The normalized spacial score (nSPS) is 16.5. The van der Waals surface area contributed by atoms with Gasteiger partial charge in [0.1, 0.15) is 17.7 Å². The highest BCUT2D eigenvalue weighted by atomic mass is 16.5. The number of benzene rings is 3. The van der Waals surface area contributed by atoms with Crippen LogP contribution in [-0.2, 0) is 14.3 Å². The molecule has 5 aromatic rings. The van der Waals surface area contributed by atoms with Gasteiger partial charge in [0.2, 0.25) is 11.8 Å². The number of methoxy groups -OCH3 is 1. The molecule has 4 N–H and O–H groups in total. The Balaban J connectivity index is 1.17. The molecule has 52 heavy (non-hydrogen) atoms. The SMILES string of the molecule is COC(=O)N[C@H](C(=O)N1CCC[C@H]1c1nc2ccc(-c3ccc(-c4ccc5nc([C@H](C)NC(=O)[C@@H](C(C)C)N(C)C)[nH]c5c4)cc3)cc2[nH]1)C(C)C. The monoisotopic (exact) mass is 706 g/mol. The number of likely N-dealkylation sites (tertiary alicyclic amines) is 1. The van der Waals surface area contributed by atoms with E-state index in [1.165, 1.54) is 7.11 Å². The molecule has 0 unspecified atom stereocenters. The van der Waals surface area contributed by atoms with Crippen molar-refractivity contribution in [3.63, 3.8) is 0 Å². The van der Waals surface area contributed by atoms with Crippen molar-refractivity contribution in [1.29, 1.82) is 0 Å². The topological polar surface area (TPSA) is 148 Å². The number of nitrogens with one attached hydrogen (secondary N) is 4. The lowest BCUT2D eigenvalue weighted by atomic mass is 10.00. The summed E-state index contributed by atoms with van der Waals surface area (Å²) in [4.78, 5) is 58.9. The van der Waals surface area contributed by atoms with E-state index in [1.807, 2.05) is 70.6 Å². The molecular formula is C40H50N8O4. The van der Waals surface area contributed by atoms with Gasteiger partial charge in [0.15, 0.2) is 0 Å². The molecule has 0 radical (unpaired) electrons. The molecule has 0 spiro atoms. The van der Waals surface area contributed by atoms with Crippen LogP contribution < -0.4 is 10.6 Å². The number of aromatic nitrogens is 4. The number of hydrogen-bond acceptors (Lipinski definition) is 7. The first-order valence-electron chi connectivity index (χ1n) is 18.1. The summed E-state index contributed by atoms with van der Waals surface area (Å²) in [6.45, 7) is 10.5. The average Bonchev–Trinajstić information content (AvgIpc) is 3.87. The molecule has 1 aliphatic rings. The summed E-state index contributed by atoms with van der Waals surface area (Å²) < 4.78 is 4.77. The van der Waals surface area contributed by atoms with Gasteiger partial charge in [-0.1, -0.05) is 64.1 Å². The Labute approximate surface area is 304 Å². The van der Waals surface area contributed by atoms with Crippen LogP contribution in [0.1, 0.15) is 71.2 Å². The number of aromatic amines is 2. The second kappa shape index (κ2) is 15.2. The van der Waals surface area contributed by atoms with Crippen molar-refractivity contribution in [2.45, 2.75) is 71.6 Å². The largest absolute Gasteiger partial charge is 0.453 e. The van der Waals surface area contributed by atoms with E-state index in [0.29, 0.717) is 6.54 Å². The van der Waals surface area contributed by atoms with E-state index < -0.39 is 12.1 Å². The predicted octanol–water partition coefficient (Wildman–Crippen LogP) is 6.58. The van der Waals surface area contributed by atoms with Crippen molar-refractivity contribution < 1.29 is 19.1 Å². The van der Waals surface area contributed by atoms with Crippen LogP contribution >= 0.6 is 0 Å².